The highest BCUT2D eigenvalue weighted by molar-refractivity contribution is 6.02. The minimum atomic E-state index is -0.507. The molecular weight excluding hydrogens is 210 g/mol. The summed E-state index contributed by atoms with van der Waals surface area (Å²) in [7, 11) is 0. The van der Waals surface area contributed by atoms with Crippen molar-refractivity contribution in [2.24, 2.45) is 0 Å². The van der Waals surface area contributed by atoms with Crippen LogP contribution in [-0.4, -0.2) is 15.9 Å². The standard InChI is InChI=1S/C10H7N3O3/c14-8-3-2-7(6-16-8)9(15)13-10-11-4-1-5-12-10/h1-6H,(H,11,12,13,15). The molecule has 0 aliphatic heterocycles. The lowest BCUT2D eigenvalue weighted by Crippen LogP contribution is -2.14. The van der Waals surface area contributed by atoms with Gasteiger partial charge in [0.15, 0.2) is 0 Å². The number of carbonyl (C=O) groups excluding carboxylic acids is 1. The maximum atomic E-state index is 11.6. The van der Waals surface area contributed by atoms with E-state index in [1.165, 1.54) is 24.5 Å². The lowest BCUT2D eigenvalue weighted by Gasteiger charge is -2.01. The summed E-state index contributed by atoms with van der Waals surface area (Å²) in [4.78, 5) is 29.9. The first-order valence-electron chi connectivity index (χ1n) is 4.43. The van der Waals surface area contributed by atoms with Gasteiger partial charge in [-0.1, -0.05) is 0 Å². The minimum absolute atomic E-state index is 0.193. The Kier molecular flexibility index (Phi) is 2.73. The predicted octanol–water partition coefficient (Wildman–Crippen LogP) is 0.682. The van der Waals surface area contributed by atoms with Crippen LogP contribution in [0.5, 0.6) is 0 Å². The van der Waals surface area contributed by atoms with E-state index >= 15 is 0 Å². The molecule has 0 saturated carbocycles. The van der Waals surface area contributed by atoms with Crippen molar-refractivity contribution in [1.82, 2.24) is 9.97 Å². The molecule has 0 aliphatic rings. The Morgan fingerprint density at radius 2 is 2.00 bits per heavy atom. The smallest absolute Gasteiger partial charge is 0.335 e. The Balaban J connectivity index is 2.15. The van der Waals surface area contributed by atoms with E-state index in [9.17, 15) is 9.59 Å². The molecule has 0 atom stereocenters. The quantitative estimate of drug-likeness (QED) is 0.799. The zero-order valence-electron chi connectivity index (χ0n) is 8.08. The summed E-state index contributed by atoms with van der Waals surface area (Å²) >= 11 is 0. The molecule has 2 heterocycles. The molecule has 0 aliphatic carbocycles. The van der Waals surface area contributed by atoms with Crippen molar-refractivity contribution in [1.29, 1.82) is 0 Å². The summed E-state index contributed by atoms with van der Waals surface area (Å²) in [6.45, 7) is 0. The summed E-state index contributed by atoms with van der Waals surface area (Å²) in [6.07, 6.45) is 4.10. The van der Waals surface area contributed by atoms with E-state index in [2.05, 4.69) is 19.7 Å². The Morgan fingerprint density at radius 3 is 2.62 bits per heavy atom. The van der Waals surface area contributed by atoms with Crippen LogP contribution < -0.4 is 10.9 Å². The number of aromatic nitrogens is 2. The zero-order chi connectivity index (χ0) is 11.4. The average molecular weight is 217 g/mol. The van der Waals surface area contributed by atoms with Gasteiger partial charge < -0.3 is 4.42 Å². The summed E-state index contributed by atoms with van der Waals surface area (Å²) in [5.74, 6) is -0.242. The van der Waals surface area contributed by atoms with Crippen molar-refractivity contribution in [3.63, 3.8) is 0 Å². The van der Waals surface area contributed by atoms with Crippen LogP contribution in [0.1, 0.15) is 10.4 Å². The van der Waals surface area contributed by atoms with Crippen LogP contribution in [0.15, 0.2) is 46.1 Å². The van der Waals surface area contributed by atoms with Gasteiger partial charge in [0.2, 0.25) is 5.95 Å². The maximum absolute atomic E-state index is 11.6. The number of amides is 1. The van der Waals surface area contributed by atoms with E-state index in [1.807, 2.05) is 0 Å². The molecule has 2 rings (SSSR count). The Labute approximate surface area is 90.0 Å². The van der Waals surface area contributed by atoms with E-state index in [4.69, 9.17) is 0 Å². The van der Waals surface area contributed by atoms with Gasteiger partial charge in [-0.05, 0) is 12.1 Å². The van der Waals surface area contributed by atoms with Gasteiger partial charge in [-0.25, -0.2) is 14.8 Å². The molecule has 6 heteroatoms. The monoisotopic (exact) mass is 217 g/mol. The molecular formula is C10H7N3O3. The van der Waals surface area contributed by atoms with Crippen LogP contribution in [0, 0.1) is 0 Å². The fourth-order valence-corrected chi connectivity index (χ4v) is 1.02. The SMILES string of the molecule is O=C(Nc1ncccn1)c1ccc(=O)oc1. The second-order valence-electron chi connectivity index (χ2n) is 2.87. The molecule has 0 aromatic carbocycles. The molecule has 6 nitrogen and oxygen atoms in total. The van der Waals surface area contributed by atoms with Gasteiger partial charge in [0.25, 0.3) is 5.91 Å². The molecule has 1 amide bonds. The summed E-state index contributed by atoms with van der Waals surface area (Å²) in [6, 6.07) is 4.17. The third-order valence-electron chi connectivity index (χ3n) is 1.75. The summed E-state index contributed by atoms with van der Waals surface area (Å²) in [5, 5.41) is 2.45. The Morgan fingerprint density at radius 1 is 1.25 bits per heavy atom. The van der Waals surface area contributed by atoms with Crippen LogP contribution in [-0.2, 0) is 0 Å². The van der Waals surface area contributed by atoms with Crippen LogP contribution >= 0.6 is 0 Å². The first-order chi connectivity index (χ1) is 7.75. The van der Waals surface area contributed by atoms with Crippen molar-refractivity contribution in [2.75, 3.05) is 5.32 Å². The number of hydrogen-bond acceptors (Lipinski definition) is 5. The first kappa shape index (κ1) is 10.0. The van der Waals surface area contributed by atoms with E-state index < -0.39 is 11.5 Å². The number of hydrogen-bond donors (Lipinski definition) is 1. The topological polar surface area (TPSA) is 85.1 Å². The minimum Gasteiger partial charge on any atom is -0.430 e. The molecule has 0 radical (unpaired) electrons. The van der Waals surface area contributed by atoms with E-state index in [0.29, 0.717) is 0 Å². The first-order valence-corrected chi connectivity index (χ1v) is 4.43. The van der Waals surface area contributed by atoms with Crippen LogP contribution in [0.4, 0.5) is 5.95 Å². The third-order valence-corrected chi connectivity index (χ3v) is 1.75. The fourth-order valence-electron chi connectivity index (χ4n) is 1.02. The largest absolute Gasteiger partial charge is 0.430 e. The average Bonchev–Trinajstić information content (AvgIpc) is 2.31. The summed E-state index contributed by atoms with van der Waals surface area (Å²) in [5.41, 5.74) is -0.278. The van der Waals surface area contributed by atoms with Crippen molar-refractivity contribution in [2.45, 2.75) is 0 Å². The van der Waals surface area contributed by atoms with E-state index in [0.717, 1.165) is 6.26 Å². The van der Waals surface area contributed by atoms with Gasteiger partial charge >= 0.3 is 5.63 Å². The predicted molar refractivity (Wildman–Crippen MR) is 55.0 cm³/mol. The molecule has 2 aromatic rings. The molecule has 0 bridgehead atoms. The van der Waals surface area contributed by atoms with Crippen LogP contribution in [0.3, 0.4) is 0 Å². The maximum Gasteiger partial charge on any atom is 0.335 e. The number of rotatable bonds is 2. The lowest BCUT2D eigenvalue weighted by atomic mass is 10.3. The van der Waals surface area contributed by atoms with Crippen molar-refractivity contribution < 1.29 is 9.21 Å². The van der Waals surface area contributed by atoms with Gasteiger partial charge in [0.1, 0.15) is 6.26 Å². The molecule has 80 valence electrons. The van der Waals surface area contributed by atoms with Crippen molar-refractivity contribution in [3.8, 4) is 0 Å². The van der Waals surface area contributed by atoms with Crippen molar-refractivity contribution >= 4 is 11.9 Å². The zero-order valence-corrected chi connectivity index (χ0v) is 8.08. The lowest BCUT2D eigenvalue weighted by molar-refractivity contribution is 0.102. The van der Waals surface area contributed by atoms with E-state index in [-0.39, 0.29) is 11.5 Å². The molecule has 0 spiro atoms. The highest BCUT2D eigenvalue weighted by Gasteiger charge is 2.07. The molecule has 0 fully saturated rings. The molecule has 2 aromatic heterocycles. The molecule has 0 unspecified atom stereocenters. The number of carbonyl (C=O) groups is 1. The molecule has 0 saturated heterocycles. The number of nitrogens with one attached hydrogen (secondary N) is 1. The molecule has 16 heavy (non-hydrogen) atoms. The second-order valence-corrected chi connectivity index (χ2v) is 2.87. The highest BCUT2D eigenvalue weighted by atomic mass is 16.4. The number of anilines is 1. The van der Waals surface area contributed by atoms with Gasteiger partial charge in [0, 0.05) is 18.5 Å². The Hall–Kier alpha value is -2.50. The Bertz CT molecular complexity index is 530. The fraction of sp³-hybridized carbons (Fsp3) is 0. The third kappa shape index (κ3) is 2.30. The summed E-state index contributed by atoms with van der Waals surface area (Å²) < 4.78 is 4.56. The molecule has 1 N–H and O–H groups in total. The normalized spacial score (nSPS) is 9.75. The van der Waals surface area contributed by atoms with Gasteiger partial charge in [-0.3, -0.25) is 10.1 Å². The second kappa shape index (κ2) is 4.35. The van der Waals surface area contributed by atoms with Gasteiger partial charge in [-0.15, -0.1) is 0 Å². The van der Waals surface area contributed by atoms with E-state index in [1.54, 1.807) is 6.07 Å². The van der Waals surface area contributed by atoms with Crippen LogP contribution in [0.25, 0.3) is 0 Å². The number of nitrogens with zero attached hydrogens (tertiary/aromatic N) is 2. The van der Waals surface area contributed by atoms with Gasteiger partial charge in [0.05, 0.1) is 5.56 Å². The van der Waals surface area contributed by atoms with Crippen LogP contribution in [0.2, 0.25) is 0 Å². The van der Waals surface area contributed by atoms with Gasteiger partial charge in [-0.2, -0.15) is 0 Å². The van der Waals surface area contributed by atoms with Crippen molar-refractivity contribution in [3.05, 3.63) is 52.8 Å². The highest BCUT2D eigenvalue weighted by Crippen LogP contribution is 2.00.